The van der Waals surface area contributed by atoms with Crippen molar-refractivity contribution in [3.8, 4) is 11.1 Å². The van der Waals surface area contributed by atoms with Crippen LogP contribution in [0.1, 0.15) is 17.0 Å². The molecule has 1 saturated heterocycles. The van der Waals surface area contributed by atoms with Crippen LogP contribution in [-0.2, 0) is 14.3 Å². The van der Waals surface area contributed by atoms with E-state index in [0.717, 1.165) is 22.3 Å². The predicted octanol–water partition coefficient (Wildman–Crippen LogP) is 2.31. The first-order valence-electron chi connectivity index (χ1n) is 10.9. The Bertz CT molecular complexity index is 1040. The van der Waals surface area contributed by atoms with Crippen LogP contribution < -0.4 is 5.32 Å². The van der Waals surface area contributed by atoms with Crippen LogP contribution in [0.5, 0.6) is 0 Å². The van der Waals surface area contributed by atoms with E-state index in [2.05, 4.69) is 29.6 Å². The molecule has 172 valence electrons. The van der Waals surface area contributed by atoms with Crippen molar-refractivity contribution in [1.29, 1.82) is 0 Å². The van der Waals surface area contributed by atoms with Gasteiger partial charge in [-0.15, -0.1) is 0 Å². The van der Waals surface area contributed by atoms with E-state index in [1.807, 2.05) is 24.3 Å². The van der Waals surface area contributed by atoms with E-state index in [-0.39, 0.29) is 31.5 Å². The summed E-state index contributed by atoms with van der Waals surface area (Å²) in [6.45, 7) is 1.45. The SMILES string of the molecule is CN1CCN(C(=O)/C=C/CNC(=O)OCC2c3ccccc3-c3ccccc32)CC1C(=O)O. The van der Waals surface area contributed by atoms with E-state index >= 15 is 0 Å². The van der Waals surface area contributed by atoms with Gasteiger partial charge >= 0.3 is 12.1 Å². The van der Waals surface area contributed by atoms with Gasteiger partial charge < -0.3 is 20.1 Å². The third-order valence-corrected chi connectivity index (χ3v) is 6.21. The number of carbonyl (C=O) groups is 3. The monoisotopic (exact) mass is 449 g/mol. The number of nitrogens with zero attached hydrogens (tertiary/aromatic N) is 2. The zero-order chi connectivity index (χ0) is 23.4. The van der Waals surface area contributed by atoms with Crippen LogP contribution >= 0.6 is 0 Å². The molecule has 1 aliphatic heterocycles. The van der Waals surface area contributed by atoms with Crippen LogP contribution in [0, 0.1) is 0 Å². The molecule has 0 radical (unpaired) electrons. The Morgan fingerprint density at radius 3 is 2.33 bits per heavy atom. The zero-order valence-corrected chi connectivity index (χ0v) is 18.4. The number of ether oxygens (including phenoxy) is 1. The number of rotatable bonds is 6. The highest BCUT2D eigenvalue weighted by atomic mass is 16.5. The lowest BCUT2D eigenvalue weighted by Gasteiger charge is -2.36. The highest BCUT2D eigenvalue weighted by molar-refractivity contribution is 5.88. The van der Waals surface area contributed by atoms with Gasteiger partial charge in [0.1, 0.15) is 12.6 Å². The number of hydrogen-bond acceptors (Lipinski definition) is 5. The first kappa shape index (κ1) is 22.5. The summed E-state index contributed by atoms with van der Waals surface area (Å²) < 4.78 is 5.47. The molecule has 1 unspecified atom stereocenters. The minimum Gasteiger partial charge on any atom is -0.480 e. The molecule has 1 heterocycles. The molecule has 2 aromatic rings. The van der Waals surface area contributed by atoms with Crippen molar-refractivity contribution in [2.45, 2.75) is 12.0 Å². The maximum atomic E-state index is 12.3. The van der Waals surface area contributed by atoms with Crippen molar-refractivity contribution in [2.24, 2.45) is 0 Å². The fraction of sp³-hybridized carbons (Fsp3) is 0.320. The number of nitrogens with one attached hydrogen (secondary N) is 1. The summed E-state index contributed by atoms with van der Waals surface area (Å²) in [6, 6.07) is 15.5. The first-order chi connectivity index (χ1) is 16.0. The number of piperazine rings is 1. The Balaban J connectivity index is 1.26. The van der Waals surface area contributed by atoms with Gasteiger partial charge in [-0.05, 0) is 29.3 Å². The molecule has 8 heteroatoms. The molecule has 0 bridgehead atoms. The number of aliphatic carboxylic acids is 1. The van der Waals surface area contributed by atoms with E-state index in [1.165, 1.54) is 17.1 Å². The molecule has 0 spiro atoms. The van der Waals surface area contributed by atoms with Crippen molar-refractivity contribution in [3.63, 3.8) is 0 Å². The Morgan fingerprint density at radius 1 is 1.06 bits per heavy atom. The normalized spacial score (nSPS) is 18.1. The molecule has 33 heavy (non-hydrogen) atoms. The van der Waals surface area contributed by atoms with E-state index < -0.39 is 18.1 Å². The molecule has 1 aliphatic carbocycles. The summed E-state index contributed by atoms with van der Waals surface area (Å²) in [4.78, 5) is 39.0. The number of carbonyl (C=O) groups excluding carboxylic acids is 2. The Kier molecular flexibility index (Phi) is 6.74. The summed E-state index contributed by atoms with van der Waals surface area (Å²) in [6.07, 6.45) is 2.34. The standard InChI is InChI=1S/C25H27N3O5/c1-27-13-14-28(15-22(27)24(30)31)23(29)11-6-12-26-25(32)33-16-21-19-9-4-2-7-17(19)18-8-3-5-10-20(18)21/h2-11,21-22H,12-16H2,1H3,(H,26,32)(H,30,31)/b11-6+. The Morgan fingerprint density at radius 2 is 1.70 bits per heavy atom. The largest absolute Gasteiger partial charge is 0.480 e. The molecule has 1 fully saturated rings. The molecule has 0 aromatic heterocycles. The van der Waals surface area contributed by atoms with Gasteiger partial charge in [0.2, 0.25) is 5.91 Å². The number of carboxylic acids is 1. The maximum absolute atomic E-state index is 12.3. The second-order valence-corrected chi connectivity index (χ2v) is 8.23. The van der Waals surface area contributed by atoms with Gasteiger partial charge in [0.25, 0.3) is 0 Å². The molecule has 2 amide bonds. The lowest BCUT2D eigenvalue weighted by atomic mass is 9.98. The fourth-order valence-corrected chi connectivity index (χ4v) is 4.40. The van der Waals surface area contributed by atoms with Gasteiger partial charge in [-0.3, -0.25) is 14.5 Å². The van der Waals surface area contributed by atoms with Crippen LogP contribution in [0.25, 0.3) is 11.1 Å². The molecular formula is C25H27N3O5. The van der Waals surface area contributed by atoms with Crippen molar-refractivity contribution in [2.75, 3.05) is 39.8 Å². The van der Waals surface area contributed by atoms with Crippen LogP contribution in [0.2, 0.25) is 0 Å². The number of likely N-dealkylation sites (N-methyl/N-ethyl adjacent to an activating group) is 1. The topological polar surface area (TPSA) is 99.2 Å². The van der Waals surface area contributed by atoms with E-state index in [9.17, 15) is 19.5 Å². The summed E-state index contributed by atoms with van der Waals surface area (Å²) in [5.41, 5.74) is 4.61. The quantitative estimate of drug-likeness (QED) is 0.657. The zero-order valence-electron chi connectivity index (χ0n) is 18.4. The van der Waals surface area contributed by atoms with Crippen LogP contribution in [0.3, 0.4) is 0 Å². The maximum Gasteiger partial charge on any atom is 0.407 e. The molecule has 4 rings (SSSR count). The van der Waals surface area contributed by atoms with Crippen molar-refractivity contribution in [1.82, 2.24) is 15.1 Å². The second kappa shape index (κ2) is 9.87. The number of carboxylic acid groups (broad SMARTS) is 1. The molecule has 2 aromatic carbocycles. The molecular weight excluding hydrogens is 422 g/mol. The van der Waals surface area contributed by atoms with Crippen LogP contribution in [-0.4, -0.2) is 78.8 Å². The van der Waals surface area contributed by atoms with Gasteiger partial charge in [0.15, 0.2) is 0 Å². The van der Waals surface area contributed by atoms with Gasteiger partial charge in [0.05, 0.1) is 0 Å². The van der Waals surface area contributed by atoms with Gasteiger partial charge in [-0.1, -0.05) is 54.6 Å². The predicted molar refractivity (Wildman–Crippen MR) is 123 cm³/mol. The lowest BCUT2D eigenvalue weighted by Crippen LogP contribution is -2.56. The summed E-state index contributed by atoms with van der Waals surface area (Å²) >= 11 is 0. The van der Waals surface area contributed by atoms with Crippen molar-refractivity contribution in [3.05, 3.63) is 71.8 Å². The number of hydrogen-bond donors (Lipinski definition) is 2. The number of benzene rings is 2. The fourth-order valence-electron chi connectivity index (χ4n) is 4.40. The second-order valence-electron chi connectivity index (χ2n) is 8.23. The lowest BCUT2D eigenvalue weighted by molar-refractivity contribution is -0.146. The first-order valence-corrected chi connectivity index (χ1v) is 10.9. The Labute approximate surface area is 192 Å². The summed E-state index contributed by atoms with van der Waals surface area (Å²) in [5, 5.41) is 11.9. The van der Waals surface area contributed by atoms with E-state index in [4.69, 9.17) is 4.74 Å². The molecule has 1 atom stereocenters. The number of amides is 2. The highest BCUT2D eigenvalue weighted by Crippen LogP contribution is 2.44. The van der Waals surface area contributed by atoms with E-state index in [1.54, 1.807) is 11.9 Å². The molecule has 0 saturated carbocycles. The smallest absolute Gasteiger partial charge is 0.407 e. The molecule has 2 N–H and O–H groups in total. The average Bonchev–Trinajstić information content (AvgIpc) is 3.14. The average molecular weight is 450 g/mol. The Hall–Kier alpha value is -3.65. The van der Waals surface area contributed by atoms with Crippen molar-refractivity contribution < 1.29 is 24.2 Å². The third kappa shape index (κ3) is 4.90. The number of fused-ring (bicyclic) bond motifs is 3. The summed E-state index contributed by atoms with van der Waals surface area (Å²) in [7, 11) is 1.73. The van der Waals surface area contributed by atoms with Gasteiger partial charge in [-0.2, -0.15) is 0 Å². The third-order valence-electron chi connectivity index (χ3n) is 6.21. The van der Waals surface area contributed by atoms with Gasteiger partial charge in [0, 0.05) is 38.2 Å². The molecule has 8 nitrogen and oxygen atoms in total. The molecule has 2 aliphatic rings. The highest BCUT2D eigenvalue weighted by Gasteiger charge is 2.31. The summed E-state index contributed by atoms with van der Waals surface area (Å²) in [5.74, 6) is -1.24. The van der Waals surface area contributed by atoms with Crippen LogP contribution in [0.15, 0.2) is 60.7 Å². The minimum absolute atomic E-state index is 0.0142. The minimum atomic E-state index is -0.948. The van der Waals surface area contributed by atoms with Gasteiger partial charge in [-0.25, -0.2) is 4.79 Å². The number of alkyl carbamates (subject to hydrolysis) is 1. The van der Waals surface area contributed by atoms with E-state index in [0.29, 0.717) is 13.1 Å². The van der Waals surface area contributed by atoms with Crippen molar-refractivity contribution >= 4 is 18.0 Å². The van der Waals surface area contributed by atoms with Crippen LogP contribution in [0.4, 0.5) is 4.79 Å².